The molecule has 1 heterocycles. The van der Waals surface area contributed by atoms with E-state index in [9.17, 15) is 19.7 Å². The standard InChI is InChI=1S/C25H21N3O5S/c1-33-21-13-9-19(10-14-21)25-27(26-23(29)16-17-5-3-2-4-6-17)24(30)22(34-25)15-18-7-11-20(12-8-18)28(31)32/h2-15,25H,16H2,1H3,(H,26,29)/b22-15+. The summed E-state index contributed by atoms with van der Waals surface area (Å²) in [6, 6.07) is 22.5. The van der Waals surface area contributed by atoms with E-state index >= 15 is 0 Å². The molecule has 3 aromatic rings. The Bertz CT molecular complexity index is 1230. The molecule has 1 fully saturated rings. The van der Waals surface area contributed by atoms with E-state index in [0.717, 1.165) is 11.1 Å². The van der Waals surface area contributed by atoms with E-state index in [1.54, 1.807) is 37.5 Å². The van der Waals surface area contributed by atoms with Crippen LogP contribution < -0.4 is 10.2 Å². The number of hydrazine groups is 1. The van der Waals surface area contributed by atoms with Crippen LogP contribution in [0.5, 0.6) is 5.75 Å². The number of rotatable bonds is 7. The lowest BCUT2D eigenvalue weighted by molar-refractivity contribution is -0.384. The van der Waals surface area contributed by atoms with E-state index in [-0.39, 0.29) is 23.9 Å². The van der Waals surface area contributed by atoms with Crippen molar-refractivity contribution in [1.82, 2.24) is 10.4 Å². The van der Waals surface area contributed by atoms with Gasteiger partial charge < -0.3 is 4.74 Å². The Balaban J connectivity index is 1.60. The molecule has 172 valence electrons. The summed E-state index contributed by atoms with van der Waals surface area (Å²) < 4.78 is 5.22. The molecule has 4 rings (SSSR count). The number of nitro benzene ring substituents is 1. The Morgan fingerprint density at radius 1 is 1.09 bits per heavy atom. The van der Waals surface area contributed by atoms with E-state index in [1.807, 2.05) is 42.5 Å². The fourth-order valence-electron chi connectivity index (χ4n) is 3.44. The molecule has 0 bridgehead atoms. The molecule has 1 N–H and O–H groups in total. The van der Waals surface area contributed by atoms with Gasteiger partial charge in [-0.1, -0.05) is 54.2 Å². The average molecular weight is 476 g/mol. The van der Waals surface area contributed by atoms with Crippen LogP contribution in [0.25, 0.3) is 6.08 Å². The number of nitro groups is 1. The van der Waals surface area contributed by atoms with Crippen LogP contribution in [0.3, 0.4) is 0 Å². The molecule has 1 unspecified atom stereocenters. The maximum Gasteiger partial charge on any atom is 0.280 e. The van der Waals surface area contributed by atoms with E-state index in [0.29, 0.717) is 16.2 Å². The Hall–Kier alpha value is -4.11. The third kappa shape index (κ3) is 5.26. The molecular formula is C25H21N3O5S. The van der Waals surface area contributed by atoms with Crippen molar-refractivity contribution >= 4 is 35.3 Å². The zero-order valence-electron chi connectivity index (χ0n) is 18.2. The largest absolute Gasteiger partial charge is 0.497 e. The van der Waals surface area contributed by atoms with E-state index in [2.05, 4.69) is 5.43 Å². The molecule has 0 saturated carbocycles. The van der Waals surface area contributed by atoms with Gasteiger partial charge in [-0.2, -0.15) is 0 Å². The molecule has 1 saturated heterocycles. The Morgan fingerprint density at radius 3 is 2.38 bits per heavy atom. The number of ether oxygens (including phenoxy) is 1. The van der Waals surface area contributed by atoms with E-state index in [4.69, 9.17) is 4.74 Å². The van der Waals surface area contributed by atoms with Gasteiger partial charge in [0.25, 0.3) is 11.6 Å². The maximum atomic E-state index is 13.3. The summed E-state index contributed by atoms with van der Waals surface area (Å²) in [6.45, 7) is 0. The first-order valence-corrected chi connectivity index (χ1v) is 11.3. The lowest BCUT2D eigenvalue weighted by atomic mass is 10.1. The SMILES string of the molecule is COc1ccc(C2S/C(=C/c3ccc([N+](=O)[O-])cc3)C(=O)N2NC(=O)Cc2ccccc2)cc1. The minimum absolute atomic E-state index is 0.0292. The topological polar surface area (TPSA) is 102 Å². The van der Waals surface area contributed by atoms with Crippen LogP contribution in [-0.2, 0) is 16.0 Å². The lowest BCUT2D eigenvalue weighted by Crippen LogP contribution is -2.44. The molecule has 0 spiro atoms. The summed E-state index contributed by atoms with van der Waals surface area (Å²) in [5.41, 5.74) is 5.02. The highest BCUT2D eigenvalue weighted by Crippen LogP contribution is 2.45. The first-order valence-electron chi connectivity index (χ1n) is 10.4. The fourth-order valence-corrected chi connectivity index (χ4v) is 4.63. The molecule has 2 amide bonds. The molecule has 0 aliphatic carbocycles. The van der Waals surface area contributed by atoms with Crippen LogP contribution in [0.1, 0.15) is 22.1 Å². The molecule has 3 aromatic carbocycles. The number of non-ortho nitro benzene ring substituents is 1. The second-order valence-electron chi connectivity index (χ2n) is 7.47. The molecule has 0 radical (unpaired) electrons. The molecular weight excluding hydrogens is 454 g/mol. The summed E-state index contributed by atoms with van der Waals surface area (Å²) in [7, 11) is 1.57. The van der Waals surface area contributed by atoms with Crippen LogP contribution in [0.2, 0.25) is 0 Å². The normalized spacial score (nSPS) is 16.5. The highest BCUT2D eigenvalue weighted by atomic mass is 32.2. The number of hydrogen-bond donors (Lipinski definition) is 1. The summed E-state index contributed by atoms with van der Waals surface area (Å²) in [6.07, 6.45) is 1.79. The van der Waals surface area contributed by atoms with Crippen molar-refractivity contribution in [2.45, 2.75) is 11.8 Å². The van der Waals surface area contributed by atoms with Gasteiger partial charge in [-0.05, 0) is 47.0 Å². The molecule has 8 nitrogen and oxygen atoms in total. The third-order valence-corrected chi connectivity index (χ3v) is 6.41. The van der Waals surface area contributed by atoms with Gasteiger partial charge >= 0.3 is 0 Å². The minimum atomic E-state index is -0.484. The lowest BCUT2D eigenvalue weighted by Gasteiger charge is -2.24. The monoisotopic (exact) mass is 475 g/mol. The number of amides is 2. The first kappa shape index (κ1) is 23.1. The Kier molecular flexibility index (Phi) is 6.93. The fraction of sp³-hybridized carbons (Fsp3) is 0.120. The summed E-state index contributed by atoms with van der Waals surface area (Å²) in [5.74, 6) is 0.0141. The van der Waals surface area contributed by atoms with Crippen molar-refractivity contribution in [3.8, 4) is 5.75 Å². The number of carbonyl (C=O) groups is 2. The Morgan fingerprint density at radius 2 is 1.76 bits per heavy atom. The molecule has 1 aliphatic heterocycles. The molecule has 0 aromatic heterocycles. The number of benzene rings is 3. The summed E-state index contributed by atoms with van der Waals surface area (Å²) >= 11 is 1.30. The van der Waals surface area contributed by atoms with Crippen molar-refractivity contribution in [3.63, 3.8) is 0 Å². The number of thioether (sulfide) groups is 1. The van der Waals surface area contributed by atoms with Crippen molar-refractivity contribution in [1.29, 1.82) is 0 Å². The average Bonchev–Trinajstić information content (AvgIpc) is 3.15. The second-order valence-corrected chi connectivity index (χ2v) is 8.60. The Labute approximate surface area is 200 Å². The molecule has 1 aliphatic rings. The molecule has 1 atom stereocenters. The third-order valence-electron chi connectivity index (χ3n) is 5.16. The van der Waals surface area contributed by atoms with Crippen LogP contribution in [0, 0.1) is 10.1 Å². The van der Waals surface area contributed by atoms with Gasteiger partial charge in [-0.15, -0.1) is 0 Å². The van der Waals surface area contributed by atoms with E-state index < -0.39 is 10.3 Å². The number of hydrogen-bond acceptors (Lipinski definition) is 6. The van der Waals surface area contributed by atoms with Gasteiger partial charge in [0.1, 0.15) is 11.1 Å². The van der Waals surface area contributed by atoms with Gasteiger partial charge in [0, 0.05) is 12.1 Å². The van der Waals surface area contributed by atoms with Gasteiger partial charge in [0.15, 0.2) is 0 Å². The zero-order chi connectivity index (χ0) is 24.1. The van der Waals surface area contributed by atoms with Gasteiger partial charge in [0.05, 0.1) is 23.4 Å². The molecule has 9 heteroatoms. The van der Waals surface area contributed by atoms with Crippen molar-refractivity contribution < 1.29 is 19.2 Å². The van der Waals surface area contributed by atoms with Crippen LogP contribution in [0.4, 0.5) is 5.69 Å². The minimum Gasteiger partial charge on any atom is -0.497 e. The number of methoxy groups -OCH3 is 1. The predicted molar refractivity (Wildman–Crippen MR) is 130 cm³/mol. The number of nitrogens with one attached hydrogen (secondary N) is 1. The summed E-state index contributed by atoms with van der Waals surface area (Å²) in [4.78, 5) is 36.9. The first-order chi connectivity index (χ1) is 16.4. The van der Waals surface area contributed by atoms with Gasteiger partial charge in [-0.25, -0.2) is 5.01 Å². The summed E-state index contributed by atoms with van der Waals surface area (Å²) in [5, 5.41) is 11.8. The number of nitrogens with zero attached hydrogens (tertiary/aromatic N) is 2. The highest BCUT2D eigenvalue weighted by molar-refractivity contribution is 8.04. The van der Waals surface area contributed by atoms with E-state index in [1.165, 1.54) is 28.9 Å². The smallest absolute Gasteiger partial charge is 0.280 e. The van der Waals surface area contributed by atoms with Gasteiger partial charge in [-0.3, -0.25) is 25.1 Å². The van der Waals surface area contributed by atoms with Crippen LogP contribution in [-0.4, -0.2) is 28.9 Å². The van der Waals surface area contributed by atoms with Crippen molar-refractivity contribution in [2.75, 3.05) is 7.11 Å². The maximum absolute atomic E-state index is 13.3. The van der Waals surface area contributed by atoms with Crippen molar-refractivity contribution in [2.24, 2.45) is 0 Å². The quantitative estimate of drug-likeness (QED) is 0.307. The second kappa shape index (κ2) is 10.2. The molecule has 34 heavy (non-hydrogen) atoms. The van der Waals surface area contributed by atoms with Crippen molar-refractivity contribution in [3.05, 3.63) is 111 Å². The number of carbonyl (C=O) groups excluding carboxylic acids is 2. The predicted octanol–water partition coefficient (Wildman–Crippen LogP) is 4.49. The van der Waals surface area contributed by atoms with Crippen LogP contribution in [0.15, 0.2) is 83.8 Å². The zero-order valence-corrected chi connectivity index (χ0v) is 19.0. The highest BCUT2D eigenvalue weighted by Gasteiger charge is 2.38. The van der Waals surface area contributed by atoms with Gasteiger partial charge in [0.2, 0.25) is 5.91 Å². The van der Waals surface area contributed by atoms with Crippen LogP contribution >= 0.6 is 11.8 Å².